The van der Waals surface area contributed by atoms with Crippen LogP contribution >= 0.6 is 0 Å². The van der Waals surface area contributed by atoms with Crippen molar-refractivity contribution in [2.24, 2.45) is 11.7 Å². The van der Waals surface area contributed by atoms with E-state index in [4.69, 9.17) is 5.73 Å². The normalized spacial score (nSPS) is 21.8. The molecule has 1 aliphatic carbocycles. The van der Waals surface area contributed by atoms with Crippen LogP contribution in [-0.4, -0.2) is 29.6 Å². The highest BCUT2D eigenvalue weighted by Gasteiger charge is 2.40. The molecule has 0 aromatic rings. The smallest absolute Gasteiger partial charge is 0.0308 e. The molecule has 0 spiro atoms. The Bertz CT molecular complexity index is 209. The molecule has 1 rings (SSSR count). The fourth-order valence-corrected chi connectivity index (χ4v) is 2.27. The van der Waals surface area contributed by atoms with E-state index >= 15 is 0 Å². The van der Waals surface area contributed by atoms with E-state index in [1.807, 2.05) is 0 Å². The van der Waals surface area contributed by atoms with Crippen molar-refractivity contribution in [3.63, 3.8) is 0 Å². The van der Waals surface area contributed by atoms with Gasteiger partial charge in [0.05, 0.1) is 0 Å². The molecule has 0 radical (unpaired) electrons. The van der Waals surface area contributed by atoms with Gasteiger partial charge >= 0.3 is 0 Å². The number of nitrogens with zero attached hydrogens (tertiary/aromatic N) is 1. The summed E-state index contributed by atoms with van der Waals surface area (Å²) in [6.45, 7) is 9.97. The van der Waals surface area contributed by atoms with Crippen molar-refractivity contribution < 1.29 is 0 Å². The maximum absolute atomic E-state index is 5.99. The van der Waals surface area contributed by atoms with Crippen LogP contribution in [0.1, 0.15) is 53.4 Å². The Hall–Kier alpha value is -0.0800. The van der Waals surface area contributed by atoms with Gasteiger partial charge in [0, 0.05) is 17.6 Å². The Kier molecular flexibility index (Phi) is 3.83. The van der Waals surface area contributed by atoms with Crippen LogP contribution in [0.15, 0.2) is 0 Å². The van der Waals surface area contributed by atoms with Crippen LogP contribution < -0.4 is 5.73 Å². The summed E-state index contributed by atoms with van der Waals surface area (Å²) in [5, 5.41) is 0. The first-order valence-electron chi connectivity index (χ1n) is 6.30. The van der Waals surface area contributed by atoms with Crippen molar-refractivity contribution in [3.05, 3.63) is 0 Å². The summed E-state index contributed by atoms with van der Waals surface area (Å²) >= 11 is 0. The molecular formula is C13H28N2. The molecule has 0 bridgehead atoms. The van der Waals surface area contributed by atoms with E-state index in [0.29, 0.717) is 0 Å². The molecule has 0 aliphatic heterocycles. The summed E-state index contributed by atoms with van der Waals surface area (Å²) in [6, 6.07) is 0. The third-order valence-corrected chi connectivity index (χ3v) is 4.45. The zero-order valence-electron chi connectivity index (χ0n) is 11.1. The first-order chi connectivity index (χ1) is 6.85. The number of nitrogens with two attached hydrogens (primary N) is 1. The molecule has 1 unspecified atom stereocenters. The molecule has 0 heterocycles. The van der Waals surface area contributed by atoms with Gasteiger partial charge in [0.15, 0.2) is 0 Å². The summed E-state index contributed by atoms with van der Waals surface area (Å²) < 4.78 is 0. The molecule has 1 saturated carbocycles. The molecule has 1 aliphatic rings. The SMILES string of the molecule is CCC(C)(C)N(C)C(C)(CN)CC1CC1. The van der Waals surface area contributed by atoms with E-state index in [2.05, 4.69) is 39.6 Å². The van der Waals surface area contributed by atoms with Gasteiger partial charge in [-0.1, -0.05) is 19.8 Å². The second-order valence-electron chi connectivity index (χ2n) is 6.07. The van der Waals surface area contributed by atoms with Gasteiger partial charge in [-0.3, -0.25) is 4.90 Å². The largest absolute Gasteiger partial charge is 0.329 e. The minimum Gasteiger partial charge on any atom is -0.329 e. The van der Waals surface area contributed by atoms with E-state index in [0.717, 1.165) is 12.5 Å². The summed E-state index contributed by atoms with van der Waals surface area (Å²) in [5.74, 6) is 0.939. The summed E-state index contributed by atoms with van der Waals surface area (Å²) in [6.07, 6.45) is 5.26. The fourth-order valence-electron chi connectivity index (χ4n) is 2.27. The number of hydrogen-bond donors (Lipinski definition) is 1. The van der Waals surface area contributed by atoms with Crippen LogP contribution in [0.4, 0.5) is 0 Å². The lowest BCUT2D eigenvalue weighted by atomic mass is 9.87. The molecule has 0 saturated heterocycles. The zero-order chi connectivity index (χ0) is 11.7. The van der Waals surface area contributed by atoms with Crippen molar-refractivity contribution in [1.29, 1.82) is 0 Å². The summed E-state index contributed by atoms with van der Waals surface area (Å²) in [7, 11) is 2.23. The predicted octanol–water partition coefficient (Wildman–Crippen LogP) is 2.62. The average Bonchev–Trinajstić information content (AvgIpc) is 3.00. The Balaban J connectivity index is 2.69. The second-order valence-corrected chi connectivity index (χ2v) is 6.07. The van der Waals surface area contributed by atoms with Crippen molar-refractivity contribution >= 4 is 0 Å². The highest BCUT2D eigenvalue weighted by Crippen LogP contribution is 2.40. The van der Waals surface area contributed by atoms with E-state index in [-0.39, 0.29) is 11.1 Å². The standard InChI is InChI=1S/C13H28N2/c1-6-12(2,3)15(5)13(4,10-14)9-11-7-8-11/h11H,6-10,14H2,1-5H3. The minimum absolute atomic E-state index is 0.181. The van der Waals surface area contributed by atoms with E-state index in [1.165, 1.54) is 25.7 Å². The van der Waals surface area contributed by atoms with Gasteiger partial charge in [-0.25, -0.2) is 0 Å². The van der Waals surface area contributed by atoms with Gasteiger partial charge in [-0.2, -0.15) is 0 Å². The van der Waals surface area contributed by atoms with Crippen LogP contribution in [0.25, 0.3) is 0 Å². The topological polar surface area (TPSA) is 29.3 Å². The van der Waals surface area contributed by atoms with Gasteiger partial charge in [0.1, 0.15) is 0 Å². The Morgan fingerprint density at radius 2 is 1.80 bits per heavy atom. The van der Waals surface area contributed by atoms with Gasteiger partial charge in [-0.05, 0) is 46.6 Å². The molecule has 2 nitrogen and oxygen atoms in total. The van der Waals surface area contributed by atoms with Gasteiger partial charge in [0.25, 0.3) is 0 Å². The first kappa shape index (κ1) is 13.0. The van der Waals surface area contributed by atoms with Crippen molar-refractivity contribution in [2.75, 3.05) is 13.6 Å². The molecule has 2 N–H and O–H groups in total. The van der Waals surface area contributed by atoms with Gasteiger partial charge in [0.2, 0.25) is 0 Å². The number of rotatable bonds is 6. The molecule has 0 aromatic heterocycles. The maximum Gasteiger partial charge on any atom is 0.0308 e. The monoisotopic (exact) mass is 212 g/mol. The lowest BCUT2D eigenvalue weighted by Crippen LogP contribution is -2.58. The quantitative estimate of drug-likeness (QED) is 0.733. The van der Waals surface area contributed by atoms with Gasteiger partial charge in [-0.15, -0.1) is 0 Å². The molecule has 90 valence electrons. The third-order valence-electron chi connectivity index (χ3n) is 4.45. The maximum atomic E-state index is 5.99. The number of hydrogen-bond acceptors (Lipinski definition) is 2. The molecule has 0 aromatic carbocycles. The van der Waals surface area contributed by atoms with Crippen LogP contribution in [0.3, 0.4) is 0 Å². The molecule has 0 amide bonds. The van der Waals surface area contributed by atoms with E-state index < -0.39 is 0 Å². The lowest BCUT2D eigenvalue weighted by Gasteiger charge is -2.48. The van der Waals surface area contributed by atoms with Crippen molar-refractivity contribution in [3.8, 4) is 0 Å². The van der Waals surface area contributed by atoms with Crippen LogP contribution in [-0.2, 0) is 0 Å². The number of likely N-dealkylation sites (N-methyl/N-ethyl adjacent to an activating group) is 1. The Morgan fingerprint density at radius 3 is 2.13 bits per heavy atom. The fraction of sp³-hybridized carbons (Fsp3) is 1.00. The van der Waals surface area contributed by atoms with Crippen LogP contribution in [0.2, 0.25) is 0 Å². The molecule has 15 heavy (non-hydrogen) atoms. The Labute approximate surface area is 95.2 Å². The first-order valence-corrected chi connectivity index (χ1v) is 6.30. The van der Waals surface area contributed by atoms with E-state index in [9.17, 15) is 0 Å². The third kappa shape index (κ3) is 2.94. The average molecular weight is 212 g/mol. The highest BCUT2D eigenvalue weighted by molar-refractivity contribution is 4.96. The summed E-state index contributed by atoms with van der Waals surface area (Å²) in [5.41, 5.74) is 6.43. The van der Waals surface area contributed by atoms with Crippen LogP contribution in [0.5, 0.6) is 0 Å². The lowest BCUT2D eigenvalue weighted by molar-refractivity contribution is 0.0262. The predicted molar refractivity (Wildman–Crippen MR) is 66.9 cm³/mol. The van der Waals surface area contributed by atoms with Crippen LogP contribution in [0, 0.1) is 5.92 Å². The molecular weight excluding hydrogens is 184 g/mol. The molecule has 1 atom stereocenters. The van der Waals surface area contributed by atoms with Crippen molar-refractivity contribution in [1.82, 2.24) is 4.90 Å². The molecule has 1 fully saturated rings. The second kappa shape index (κ2) is 4.42. The van der Waals surface area contributed by atoms with Gasteiger partial charge < -0.3 is 5.73 Å². The zero-order valence-corrected chi connectivity index (χ0v) is 11.1. The Morgan fingerprint density at radius 1 is 1.27 bits per heavy atom. The van der Waals surface area contributed by atoms with Crippen molar-refractivity contribution in [2.45, 2.75) is 64.5 Å². The highest BCUT2D eigenvalue weighted by atomic mass is 15.2. The van der Waals surface area contributed by atoms with E-state index in [1.54, 1.807) is 0 Å². The minimum atomic E-state index is 0.181. The molecule has 2 heteroatoms. The summed E-state index contributed by atoms with van der Waals surface area (Å²) in [4.78, 5) is 2.50.